The molecule has 0 aliphatic heterocycles. The Morgan fingerprint density at radius 1 is 0.941 bits per heavy atom. The fraction of sp³-hybridized carbons (Fsp3) is 0. The van der Waals surface area contributed by atoms with Crippen LogP contribution in [0.1, 0.15) is 0 Å². The predicted octanol–water partition coefficient (Wildman–Crippen LogP) is 0.601. The molecule has 2 rings (SSSR count). The summed E-state index contributed by atoms with van der Waals surface area (Å²) < 4.78 is 0.364. The van der Waals surface area contributed by atoms with Crippen LogP contribution in [0.5, 0.6) is 0 Å². The van der Waals surface area contributed by atoms with E-state index >= 15 is 0 Å². The van der Waals surface area contributed by atoms with E-state index in [2.05, 4.69) is 17.4 Å². The van der Waals surface area contributed by atoms with Gasteiger partial charge in [0.05, 0.1) is 0 Å². The summed E-state index contributed by atoms with van der Waals surface area (Å²) >= 11 is 9.78. The van der Waals surface area contributed by atoms with Gasteiger partial charge in [-0.25, -0.2) is 0 Å². The van der Waals surface area contributed by atoms with Crippen LogP contribution >= 0.6 is 12.2 Å². The van der Waals surface area contributed by atoms with Gasteiger partial charge in [0.25, 0.3) is 0 Å². The SMILES string of the molecule is S=C([S-])Nc1ccccc1-c1ccccc1.[Na+]. The maximum Gasteiger partial charge on any atom is 1.00 e. The van der Waals surface area contributed by atoms with Gasteiger partial charge in [-0.3, -0.25) is 0 Å². The van der Waals surface area contributed by atoms with Crippen LogP contribution in [0.3, 0.4) is 0 Å². The summed E-state index contributed by atoms with van der Waals surface area (Å²) in [6, 6.07) is 18.1. The summed E-state index contributed by atoms with van der Waals surface area (Å²) in [6.07, 6.45) is 0. The van der Waals surface area contributed by atoms with Crippen LogP contribution < -0.4 is 34.9 Å². The molecule has 0 saturated carbocycles. The molecule has 0 aliphatic carbocycles. The van der Waals surface area contributed by atoms with Crippen molar-refractivity contribution in [2.24, 2.45) is 0 Å². The summed E-state index contributed by atoms with van der Waals surface area (Å²) in [5.41, 5.74) is 3.21. The van der Waals surface area contributed by atoms with Crippen molar-refractivity contribution in [2.45, 2.75) is 0 Å². The molecule has 0 atom stereocenters. The summed E-state index contributed by atoms with van der Waals surface area (Å²) in [5.74, 6) is 0. The van der Waals surface area contributed by atoms with Gasteiger partial charge < -0.3 is 30.2 Å². The van der Waals surface area contributed by atoms with Crippen LogP contribution in [0.2, 0.25) is 0 Å². The van der Waals surface area contributed by atoms with Gasteiger partial charge in [0.15, 0.2) is 0 Å². The van der Waals surface area contributed by atoms with Crippen LogP contribution in [-0.4, -0.2) is 4.32 Å². The first-order valence-electron chi connectivity index (χ1n) is 4.90. The van der Waals surface area contributed by atoms with E-state index in [9.17, 15) is 0 Å². The normalized spacial score (nSPS) is 9.18. The van der Waals surface area contributed by atoms with Crippen molar-refractivity contribution < 1.29 is 29.6 Å². The number of hydrogen-bond acceptors (Lipinski definition) is 2. The number of benzene rings is 2. The Balaban J connectivity index is 0.00000144. The molecule has 1 N–H and O–H groups in total. The van der Waals surface area contributed by atoms with E-state index in [0.717, 1.165) is 16.8 Å². The molecule has 0 fully saturated rings. The zero-order chi connectivity index (χ0) is 11.4. The Bertz CT molecular complexity index is 500. The Morgan fingerprint density at radius 2 is 1.53 bits per heavy atom. The first-order chi connectivity index (χ1) is 7.77. The zero-order valence-corrected chi connectivity index (χ0v) is 13.1. The Labute approximate surface area is 134 Å². The number of anilines is 1. The predicted molar refractivity (Wildman–Crippen MR) is 75.5 cm³/mol. The first-order valence-corrected chi connectivity index (χ1v) is 5.71. The van der Waals surface area contributed by atoms with Gasteiger partial charge in [-0.15, -0.1) is 0 Å². The van der Waals surface area contributed by atoms with E-state index < -0.39 is 0 Å². The molecule has 0 unspecified atom stereocenters. The van der Waals surface area contributed by atoms with Crippen LogP contribution in [0.4, 0.5) is 5.69 Å². The van der Waals surface area contributed by atoms with E-state index in [-0.39, 0.29) is 29.6 Å². The molecule has 0 spiro atoms. The monoisotopic (exact) mass is 267 g/mol. The largest absolute Gasteiger partial charge is 1.00 e. The Morgan fingerprint density at radius 3 is 2.18 bits per heavy atom. The van der Waals surface area contributed by atoms with E-state index in [0.29, 0.717) is 4.32 Å². The van der Waals surface area contributed by atoms with Crippen molar-refractivity contribution in [3.63, 3.8) is 0 Å². The molecule has 2 aromatic rings. The van der Waals surface area contributed by atoms with Gasteiger partial charge in [0.2, 0.25) is 0 Å². The quantitative estimate of drug-likeness (QED) is 0.486. The van der Waals surface area contributed by atoms with E-state index in [1.54, 1.807) is 0 Å². The third kappa shape index (κ3) is 4.05. The van der Waals surface area contributed by atoms with Crippen LogP contribution in [0, 0.1) is 0 Å². The fourth-order valence-corrected chi connectivity index (χ4v) is 1.79. The number of hydrogen-bond donors (Lipinski definition) is 1. The second-order valence-corrected chi connectivity index (χ2v) is 4.40. The number of para-hydroxylation sites is 1. The molecule has 0 saturated heterocycles. The van der Waals surface area contributed by atoms with Crippen molar-refractivity contribution in [1.29, 1.82) is 0 Å². The molecule has 4 heteroatoms. The van der Waals surface area contributed by atoms with Gasteiger partial charge >= 0.3 is 29.6 Å². The second kappa shape index (κ2) is 7.09. The van der Waals surface area contributed by atoms with Gasteiger partial charge in [0, 0.05) is 11.3 Å². The van der Waals surface area contributed by atoms with Crippen molar-refractivity contribution in [2.75, 3.05) is 5.32 Å². The summed E-state index contributed by atoms with van der Waals surface area (Å²) in [4.78, 5) is 0. The van der Waals surface area contributed by atoms with Gasteiger partial charge in [-0.05, 0) is 11.6 Å². The van der Waals surface area contributed by atoms with Gasteiger partial charge in [0.1, 0.15) is 0 Å². The molecule has 0 bridgehead atoms. The fourth-order valence-electron chi connectivity index (χ4n) is 1.57. The second-order valence-electron chi connectivity index (χ2n) is 3.32. The molecule has 80 valence electrons. The van der Waals surface area contributed by atoms with Gasteiger partial charge in [-0.1, -0.05) is 52.9 Å². The van der Waals surface area contributed by atoms with E-state index in [1.807, 2.05) is 42.5 Å². The number of rotatable bonds is 2. The first kappa shape index (κ1) is 14.6. The smallest absolute Gasteiger partial charge is 0.411 e. The van der Waals surface area contributed by atoms with E-state index in [1.165, 1.54) is 0 Å². The van der Waals surface area contributed by atoms with Crippen molar-refractivity contribution in [3.05, 3.63) is 54.6 Å². The minimum Gasteiger partial charge on any atom is -0.411 e. The van der Waals surface area contributed by atoms with E-state index in [4.69, 9.17) is 24.8 Å². The van der Waals surface area contributed by atoms with Crippen molar-refractivity contribution >= 4 is 34.9 Å². The average molecular weight is 267 g/mol. The van der Waals surface area contributed by atoms with Gasteiger partial charge in [-0.2, -0.15) is 0 Å². The minimum absolute atomic E-state index is 0. The van der Waals surface area contributed by atoms with Crippen LogP contribution in [-0.2, 0) is 12.6 Å². The molecule has 17 heavy (non-hydrogen) atoms. The number of nitrogens with one attached hydrogen (secondary N) is 1. The maximum absolute atomic E-state index is 4.89. The van der Waals surface area contributed by atoms with Crippen molar-refractivity contribution in [1.82, 2.24) is 0 Å². The third-order valence-electron chi connectivity index (χ3n) is 2.25. The van der Waals surface area contributed by atoms with Crippen LogP contribution in [0.15, 0.2) is 54.6 Å². The summed E-state index contributed by atoms with van der Waals surface area (Å²) in [6.45, 7) is 0. The molecule has 0 heterocycles. The molecular formula is C13H10NNaS2. The Kier molecular flexibility index (Phi) is 6.09. The average Bonchev–Trinajstić information content (AvgIpc) is 2.30. The molecule has 1 nitrogen and oxygen atoms in total. The topological polar surface area (TPSA) is 12.0 Å². The molecule has 2 aromatic carbocycles. The molecule has 0 aliphatic rings. The van der Waals surface area contributed by atoms with Crippen LogP contribution in [0.25, 0.3) is 11.1 Å². The summed E-state index contributed by atoms with van der Waals surface area (Å²) in [7, 11) is 0. The number of thiocarbonyl (C=S) groups is 1. The maximum atomic E-state index is 4.89. The Hall–Kier alpha value is -0.450. The third-order valence-corrected chi connectivity index (χ3v) is 2.45. The molecular weight excluding hydrogens is 257 g/mol. The molecule has 0 radical (unpaired) electrons. The minimum atomic E-state index is 0. The molecule has 0 aromatic heterocycles. The summed E-state index contributed by atoms with van der Waals surface area (Å²) in [5, 5.41) is 3.02. The van der Waals surface area contributed by atoms with Crippen molar-refractivity contribution in [3.8, 4) is 11.1 Å². The standard InChI is InChI=1S/C13H11NS2.Na/c15-13(16)14-12-9-5-4-8-11(12)10-6-2-1-3-7-10;/h1-9H,(H2,14,15,16);/q;+1/p-1. The zero-order valence-electron chi connectivity index (χ0n) is 9.51. The molecule has 0 amide bonds.